The van der Waals surface area contributed by atoms with E-state index in [-0.39, 0.29) is 17.9 Å². The van der Waals surface area contributed by atoms with Crippen molar-refractivity contribution in [3.8, 4) is 0 Å². The van der Waals surface area contributed by atoms with Crippen LogP contribution in [0.4, 0.5) is 0 Å². The monoisotopic (exact) mass is 249 g/mol. The summed E-state index contributed by atoms with van der Waals surface area (Å²) in [7, 11) is 1.68. The highest BCUT2D eigenvalue weighted by Crippen LogP contribution is 2.15. The fraction of sp³-hybridized carbons (Fsp3) is 0.545. The maximum Gasteiger partial charge on any atom is 0.281 e. The van der Waals surface area contributed by atoms with Gasteiger partial charge in [0, 0.05) is 12.5 Å². The topological polar surface area (TPSA) is 82.7 Å². The van der Waals surface area contributed by atoms with Gasteiger partial charge in [-0.3, -0.25) is 9.59 Å². The second-order valence-electron chi connectivity index (χ2n) is 5.23. The molecule has 0 atom stereocenters. The van der Waals surface area contributed by atoms with Crippen LogP contribution in [0, 0.1) is 5.41 Å². The molecule has 0 radical (unpaired) electrons. The van der Waals surface area contributed by atoms with E-state index in [1.54, 1.807) is 27.8 Å². The highest BCUT2D eigenvalue weighted by atomic mass is 16.1. The minimum Gasteiger partial charge on any atom is -0.297 e. The molecule has 2 aromatic rings. The summed E-state index contributed by atoms with van der Waals surface area (Å²) in [6, 6.07) is 0. The summed E-state index contributed by atoms with van der Waals surface area (Å²) in [5.41, 5.74) is -0.435. The standard InChI is InChI=1S/C11H15N5O2/c1-11(2,3)8(17)6-16-10(18)7-5-12-15(4)9(7)13-14-16/h5H,6H2,1-4H3. The molecule has 0 aromatic carbocycles. The molecule has 0 bridgehead atoms. The average molecular weight is 249 g/mol. The van der Waals surface area contributed by atoms with E-state index in [1.807, 2.05) is 0 Å². The van der Waals surface area contributed by atoms with Crippen molar-refractivity contribution in [3.63, 3.8) is 0 Å². The van der Waals surface area contributed by atoms with E-state index in [1.165, 1.54) is 10.9 Å². The van der Waals surface area contributed by atoms with Crippen molar-refractivity contribution >= 4 is 16.8 Å². The number of carbonyl (C=O) groups excluding carboxylic acids is 1. The van der Waals surface area contributed by atoms with Gasteiger partial charge < -0.3 is 0 Å². The van der Waals surface area contributed by atoms with Crippen LogP contribution in [0.25, 0.3) is 11.0 Å². The lowest BCUT2D eigenvalue weighted by molar-refractivity contribution is -0.127. The predicted molar refractivity (Wildman–Crippen MR) is 65.0 cm³/mol. The fourth-order valence-corrected chi connectivity index (χ4v) is 1.45. The fourth-order valence-electron chi connectivity index (χ4n) is 1.45. The number of aryl methyl sites for hydroxylation is 1. The molecule has 7 heteroatoms. The van der Waals surface area contributed by atoms with Crippen molar-refractivity contribution < 1.29 is 4.79 Å². The van der Waals surface area contributed by atoms with Gasteiger partial charge >= 0.3 is 0 Å². The van der Waals surface area contributed by atoms with Crippen molar-refractivity contribution in [2.45, 2.75) is 27.3 Å². The Balaban J connectivity index is 2.45. The number of rotatable bonds is 2. The normalized spacial score (nSPS) is 12.0. The number of aromatic nitrogens is 5. The lowest BCUT2D eigenvalue weighted by Gasteiger charge is -2.16. The molecule has 0 saturated carbocycles. The summed E-state index contributed by atoms with van der Waals surface area (Å²) in [4.78, 5) is 23.9. The molecule has 0 unspecified atom stereocenters. The van der Waals surface area contributed by atoms with E-state index < -0.39 is 5.41 Å². The third-order valence-corrected chi connectivity index (χ3v) is 2.75. The van der Waals surface area contributed by atoms with E-state index in [4.69, 9.17) is 0 Å². The van der Waals surface area contributed by atoms with Gasteiger partial charge in [-0.15, -0.1) is 5.10 Å². The van der Waals surface area contributed by atoms with Gasteiger partial charge in [0.2, 0.25) is 0 Å². The Hall–Kier alpha value is -2.05. The van der Waals surface area contributed by atoms with E-state index in [9.17, 15) is 9.59 Å². The van der Waals surface area contributed by atoms with Gasteiger partial charge in [0.05, 0.1) is 6.20 Å². The number of fused-ring (bicyclic) bond motifs is 1. The van der Waals surface area contributed by atoms with E-state index in [2.05, 4.69) is 15.4 Å². The summed E-state index contributed by atoms with van der Waals surface area (Å²) < 4.78 is 2.55. The lowest BCUT2D eigenvalue weighted by Crippen LogP contribution is -2.32. The highest BCUT2D eigenvalue weighted by Gasteiger charge is 2.23. The number of hydrogen-bond donors (Lipinski definition) is 0. The van der Waals surface area contributed by atoms with Crippen LogP contribution >= 0.6 is 0 Å². The van der Waals surface area contributed by atoms with E-state index in [0.717, 1.165) is 4.68 Å². The maximum absolute atomic E-state index is 12.1. The number of hydrogen-bond acceptors (Lipinski definition) is 5. The zero-order chi connectivity index (χ0) is 13.5. The largest absolute Gasteiger partial charge is 0.297 e. The molecule has 0 fully saturated rings. The van der Waals surface area contributed by atoms with E-state index in [0.29, 0.717) is 11.0 Å². The number of carbonyl (C=O) groups is 1. The Bertz CT molecular complexity index is 662. The molecule has 0 N–H and O–H groups in total. The third-order valence-electron chi connectivity index (χ3n) is 2.75. The van der Waals surface area contributed by atoms with Crippen LogP contribution in [0.15, 0.2) is 11.0 Å². The molecular formula is C11H15N5O2. The first-order chi connectivity index (χ1) is 8.30. The van der Waals surface area contributed by atoms with Crippen LogP contribution in [-0.4, -0.2) is 30.6 Å². The van der Waals surface area contributed by atoms with Gasteiger partial charge in [-0.05, 0) is 0 Å². The van der Waals surface area contributed by atoms with Gasteiger partial charge in [-0.1, -0.05) is 26.0 Å². The zero-order valence-corrected chi connectivity index (χ0v) is 10.8. The zero-order valence-electron chi connectivity index (χ0n) is 10.8. The summed E-state index contributed by atoms with van der Waals surface area (Å²) in [5, 5.41) is 12.0. The number of nitrogens with zero attached hydrogens (tertiary/aromatic N) is 5. The smallest absolute Gasteiger partial charge is 0.281 e. The van der Waals surface area contributed by atoms with Crippen LogP contribution < -0.4 is 5.56 Å². The highest BCUT2D eigenvalue weighted by molar-refractivity contribution is 5.83. The Kier molecular flexibility index (Phi) is 2.76. The molecule has 0 aliphatic heterocycles. The SMILES string of the molecule is Cn1ncc2c(=O)n(CC(=O)C(C)(C)C)nnc21. The second kappa shape index (κ2) is 4.01. The summed E-state index contributed by atoms with van der Waals surface area (Å²) in [6.45, 7) is 5.34. The van der Waals surface area contributed by atoms with Crippen molar-refractivity contribution in [2.24, 2.45) is 12.5 Å². The van der Waals surface area contributed by atoms with E-state index >= 15 is 0 Å². The Morgan fingerprint density at radius 2 is 2.06 bits per heavy atom. The van der Waals surface area contributed by atoms with Gasteiger partial charge in [0.25, 0.3) is 5.56 Å². The first-order valence-electron chi connectivity index (χ1n) is 5.59. The number of ketones is 1. The van der Waals surface area contributed by atoms with Gasteiger partial charge in [0.15, 0.2) is 11.4 Å². The van der Waals surface area contributed by atoms with Crippen LogP contribution in [0.1, 0.15) is 20.8 Å². The van der Waals surface area contributed by atoms with Crippen molar-refractivity contribution in [2.75, 3.05) is 0 Å². The van der Waals surface area contributed by atoms with Crippen molar-refractivity contribution in [1.82, 2.24) is 24.8 Å². The predicted octanol–water partition coefficient (Wildman–Crippen LogP) is 0.140. The first kappa shape index (κ1) is 12.4. The molecule has 2 heterocycles. The van der Waals surface area contributed by atoms with Crippen molar-refractivity contribution in [1.29, 1.82) is 0 Å². The van der Waals surface area contributed by atoms with Gasteiger partial charge in [-0.2, -0.15) is 5.10 Å². The summed E-state index contributed by atoms with van der Waals surface area (Å²) >= 11 is 0. The molecule has 2 aromatic heterocycles. The molecule has 0 spiro atoms. The molecular weight excluding hydrogens is 234 g/mol. The maximum atomic E-state index is 12.1. The molecule has 2 rings (SSSR count). The molecule has 18 heavy (non-hydrogen) atoms. The van der Waals surface area contributed by atoms with Gasteiger partial charge in [-0.25, -0.2) is 9.36 Å². The second-order valence-corrected chi connectivity index (χ2v) is 5.23. The van der Waals surface area contributed by atoms with Crippen LogP contribution in [0.5, 0.6) is 0 Å². The van der Waals surface area contributed by atoms with Crippen LogP contribution in [0.2, 0.25) is 0 Å². The quantitative estimate of drug-likeness (QED) is 0.756. The Morgan fingerprint density at radius 1 is 1.39 bits per heavy atom. The molecule has 0 saturated heterocycles. The first-order valence-corrected chi connectivity index (χ1v) is 5.59. The lowest BCUT2D eigenvalue weighted by atomic mass is 9.91. The Morgan fingerprint density at radius 3 is 2.67 bits per heavy atom. The molecule has 96 valence electrons. The number of Topliss-reactive ketones (excluding diaryl/α,β-unsaturated/α-hetero) is 1. The summed E-state index contributed by atoms with van der Waals surface area (Å²) in [6.07, 6.45) is 1.43. The Labute approximate surface area is 103 Å². The van der Waals surface area contributed by atoms with Gasteiger partial charge in [0.1, 0.15) is 11.9 Å². The third kappa shape index (κ3) is 2.03. The summed E-state index contributed by atoms with van der Waals surface area (Å²) in [5.74, 6) is -0.0675. The average Bonchev–Trinajstić information content (AvgIpc) is 2.64. The molecule has 0 aliphatic carbocycles. The van der Waals surface area contributed by atoms with Crippen LogP contribution in [-0.2, 0) is 18.4 Å². The van der Waals surface area contributed by atoms with Crippen molar-refractivity contribution in [3.05, 3.63) is 16.6 Å². The minimum absolute atomic E-state index is 0.0675. The molecule has 7 nitrogen and oxygen atoms in total. The van der Waals surface area contributed by atoms with Crippen LogP contribution in [0.3, 0.4) is 0 Å². The minimum atomic E-state index is -0.509. The molecule has 0 aliphatic rings. The molecule has 0 amide bonds.